The summed E-state index contributed by atoms with van der Waals surface area (Å²) in [5.74, 6) is 0.838. The lowest BCUT2D eigenvalue weighted by molar-refractivity contribution is 0.0827. The number of carbonyl (C=O) groups excluding carboxylic acids is 1. The van der Waals surface area contributed by atoms with Crippen LogP contribution < -0.4 is 0 Å². The lowest BCUT2D eigenvalue weighted by Gasteiger charge is -2.10. The summed E-state index contributed by atoms with van der Waals surface area (Å²) < 4.78 is 0. The van der Waals surface area contributed by atoms with Crippen molar-refractivity contribution in [1.29, 1.82) is 0 Å². The summed E-state index contributed by atoms with van der Waals surface area (Å²) in [7, 11) is 3.52. The zero-order chi connectivity index (χ0) is 18.5. The van der Waals surface area contributed by atoms with E-state index >= 15 is 0 Å². The van der Waals surface area contributed by atoms with Crippen LogP contribution in [0.2, 0.25) is 0 Å². The van der Waals surface area contributed by atoms with Crippen molar-refractivity contribution in [2.45, 2.75) is 24.3 Å². The first-order chi connectivity index (χ1) is 12.5. The van der Waals surface area contributed by atoms with Crippen LogP contribution in [0, 0.1) is 6.92 Å². The highest BCUT2D eigenvalue weighted by atomic mass is 32.2. The first kappa shape index (κ1) is 18.3. The Morgan fingerprint density at radius 3 is 2.38 bits per heavy atom. The number of aryl methyl sites for hydroxylation is 1. The molecule has 0 atom stereocenters. The fourth-order valence-electron chi connectivity index (χ4n) is 2.65. The number of hydrogen-bond acceptors (Lipinski definition) is 3. The Balaban J connectivity index is 1.61. The van der Waals surface area contributed by atoms with Gasteiger partial charge in [-0.2, -0.15) is 0 Å². The number of H-pyrrole nitrogens is 1. The predicted molar refractivity (Wildman–Crippen MR) is 107 cm³/mol. The number of aromatic nitrogens is 2. The number of benzene rings is 2. The molecule has 1 N–H and O–H groups in total. The molecule has 134 valence electrons. The van der Waals surface area contributed by atoms with Gasteiger partial charge in [-0.15, -0.1) is 0 Å². The molecular formula is C21H23N3OS. The van der Waals surface area contributed by atoms with Gasteiger partial charge < -0.3 is 9.88 Å². The van der Waals surface area contributed by atoms with Gasteiger partial charge in [-0.1, -0.05) is 54.2 Å². The number of thioether (sulfide) groups is 1. The van der Waals surface area contributed by atoms with Crippen LogP contribution in [0.25, 0.3) is 0 Å². The fourth-order valence-corrected chi connectivity index (χ4v) is 3.55. The van der Waals surface area contributed by atoms with Crippen molar-refractivity contribution >= 4 is 17.7 Å². The van der Waals surface area contributed by atoms with Crippen LogP contribution in [0.4, 0.5) is 0 Å². The highest BCUT2D eigenvalue weighted by molar-refractivity contribution is 7.98. The number of hydrogen-bond donors (Lipinski definition) is 1. The maximum Gasteiger partial charge on any atom is 0.253 e. The maximum absolute atomic E-state index is 11.9. The maximum atomic E-state index is 11.9. The van der Waals surface area contributed by atoms with Gasteiger partial charge in [0.2, 0.25) is 0 Å². The van der Waals surface area contributed by atoms with E-state index in [1.165, 1.54) is 11.1 Å². The normalized spacial score (nSPS) is 10.7. The highest BCUT2D eigenvalue weighted by Crippen LogP contribution is 2.23. The molecule has 4 nitrogen and oxygen atoms in total. The number of nitrogens with zero attached hydrogens (tertiary/aromatic N) is 2. The van der Waals surface area contributed by atoms with E-state index < -0.39 is 0 Å². The number of amides is 1. The second-order valence-electron chi connectivity index (χ2n) is 6.46. The van der Waals surface area contributed by atoms with Gasteiger partial charge >= 0.3 is 0 Å². The van der Waals surface area contributed by atoms with Crippen molar-refractivity contribution in [3.63, 3.8) is 0 Å². The second kappa shape index (κ2) is 8.23. The molecule has 0 unspecified atom stereocenters. The van der Waals surface area contributed by atoms with E-state index in [4.69, 9.17) is 4.98 Å². The van der Waals surface area contributed by atoms with Crippen LogP contribution in [0.3, 0.4) is 0 Å². The summed E-state index contributed by atoms with van der Waals surface area (Å²) in [5, 5.41) is 0.932. The molecule has 3 aromatic rings. The topological polar surface area (TPSA) is 49.0 Å². The molecule has 0 aliphatic heterocycles. The molecule has 0 saturated carbocycles. The van der Waals surface area contributed by atoms with Gasteiger partial charge in [-0.05, 0) is 30.2 Å². The van der Waals surface area contributed by atoms with Gasteiger partial charge in [-0.3, -0.25) is 4.79 Å². The molecule has 0 radical (unpaired) electrons. The Bertz CT molecular complexity index is 870. The van der Waals surface area contributed by atoms with Gasteiger partial charge in [0.25, 0.3) is 5.91 Å². The van der Waals surface area contributed by atoms with Crippen molar-refractivity contribution in [3.8, 4) is 0 Å². The number of nitrogens with one attached hydrogen (secondary N) is 1. The molecule has 0 fully saturated rings. The molecule has 0 bridgehead atoms. The first-order valence-corrected chi connectivity index (χ1v) is 9.54. The third-order valence-corrected chi connectivity index (χ3v) is 5.11. The Morgan fingerprint density at radius 2 is 1.73 bits per heavy atom. The van der Waals surface area contributed by atoms with E-state index in [0.29, 0.717) is 5.56 Å². The number of imidazole rings is 1. The van der Waals surface area contributed by atoms with Gasteiger partial charge in [0.05, 0.1) is 5.69 Å². The van der Waals surface area contributed by atoms with Crippen molar-refractivity contribution in [1.82, 2.24) is 14.9 Å². The predicted octanol–water partition coefficient (Wildman–Crippen LogP) is 4.30. The first-order valence-electron chi connectivity index (χ1n) is 8.55. The van der Waals surface area contributed by atoms with Gasteiger partial charge in [0.1, 0.15) is 0 Å². The Labute approximate surface area is 158 Å². The smallest absolute Gasteiger partial charge is 0.253 e. The minimum Gasteiger partial charge on any atom is -0.345 e. The molecule has 26 heavy (non-hydrogen) atoms. The lowest BCUT2D eigenvalue weighted by atomic mass is 10.1. The SMILES string of the molecule is Cc1[nH]c(SCc2ccc(C(=O)N(C)C)cc2)nc1Cc1ccccc1. The Morgan fingerprint density at radius 1 is 1.04 bits per heavy atom. The van der Waals surface area contributed by atoms with E-state index in [2.05, 4.69) is 36.2 Å². The largest absolute Gasteiger partial charge is 0.345 e. The molecule has 0 aliphatic rings. The number of rotatable bonds is 6. The van der Waals surface area contributed by atoms with E-state index in [1.807, 2.05) is 30.3 Å². The summed E-state index contributed by atoms with van der Waals surface area (Å²) in [5.41, 5.74) is 5.35. The van der Waals surface area contributed by atoms with Crippen LogP contribution >= 0.6 is 11.8 Å². The van der Waals surface area contributed by atoms with Crippen molar-refractivity contribution in [2.24, 2.45) is 0 Å². The van der Waals surface area contributed by atoms with Crippen LogP contribution in [-0.2, 0) is 12.2 Å². The van der Waals surface area contributed by atoms with Crippen LogP contribution in [-0.4, -0.2) is 34.9 Å². The third kappa shape index (κ3) is 4.55. The molecule has 1 heterocycles. The van der Waals surface area contributed by atoms with Gasteiger partial charge in [0.15, 0.2) is 5.16 Å². The zero-order valence-corrected chi connectivity index (χ0v) is 16.1. The summed E-state index contributed by atoms with van der Waals surface area (Å²) >= 11 is 1.68. The van der Waals surface area contributed by atoms with Gasteiger partial charge in [-0.25, -0.2) is 4.98 Å². The third-order valence-electron chi connectivity index (χ3n) is 4.16. The summed E-state index contributed by atoms with van der Waals surface area (Å²) in [6.45, 7) is 2.07. The zero-order valence-electron chi connectivity index (χ0n) is 15.3. The van der Waals surface area contributed by atoms with E-state index in [9.17, 15) is 4.79 Å². The molecule has 2 aromatic carbocycles. The number of carbonyl (C=O) groups is 1. The molecule has 1 aromatic heterocycles. The van der Waals surface area contributed by atoms with Crippen LogP contribution in [0.15, 0.2) is 59.8 Å². The second-order valence-corrected chi connectivity index (χ2v) is 7.43. The average Bonchev–Trinajstić information content (AvgIpc) is 3.00. The molecule has 5 heteroatoms. The standard InChI is InChI=1S/C21H23N3OS/c1-15-19(13-16-7-5-4-6-8-16)23-21(22-15)26-14-17-9-11-18(12-10-17)20(25)24(2)3/h4-12H,13-14H2,1-3H3,(H,22,23). The summed E-state index contributed by atoms with van der Waals surface area (Å²) in [6.07, 6.45) is 0.838. The van der Waals surface area contributed by atoms with Crippen molar-refractivity contribution in [3.05, 3.63) is 82.7 Å². The highest BCUT2D eigenvalue weighted by Gasteiger charge is 2.10. The van der Waals surface area contributed by atoms with Crippen molar-refractivity contribution < 1.29 is 4.79 Å². The Hall–Kier alpha value is -2.53. The molecule has 0 spiro atoms. The summed E-state index contributed by atoms with van der Waals surface area (Å²) in [6, 6.07) is 18.2. The molecule has 0 saturated heterocycles. The molecular weight excluding hydrogens is 342 g/mol. The quantitative estimate of drug-likeness (QED) is 0.663. The Kier molecular flexibility index (Phi) is 5.78. The van der Waals surface area contributed by atoms with Crippen molar-refractivity contribution in [2.75, 3.05) is 14.1 Å². The number of aromatic amines is 1. The molecule has 0 aliphatic carbocycles. The molecule has 3 rings (SSSR count). The lowest BCUT2D eigenvalue weighted by Crippen LogP contribution is -2.21. The van der Waals surface area contributed by atoms with Gasteiger partial charge in [0, 0.05) is 37.5 Å². The average molecular weight is 366 g/mol. The van der Waals surface area contributed by atoms with E-state index in [-0.39, 0.29) is 5.91 Å². The summed E-state index contributed by atoms with van der Waals surface area (Å²) in [4.78, 5) is 21.6. The van der Waals surface area contributed by atoms with E-state index in [0.717, 1.165) is 28.7 Å². The fraction of sp³-hybridized carbons (Fsp3) is 0.238. The monoisotopic (exact) mass is 365 g/mol. The molecule has 1 amide bonds. The van der Waals surface area contributed by atoms with Crippen LogP contribution in [0.1, 0.15) is 32.9 Å². The minimum atomic E-state index is 0.0245. The van der Waals surface area contributed by atoms with Crippen LogP contribution in [0.5, 0.6) is 0 Å². The minimum absolute atomic E-state index is 0.0245. The van der Waals surface area contributed by atoms with E-state index in [1.54, 1.807) is 30.8 Å².